The van der Waals surface area contributed by atoms with E-state index in [0.29, 0.717) is 15.4 Å². The molecule has 0 radical (unpaired) electrons. The highest BCUT2D eigenvalue weighted by molar-refractivity contribution is 9.09. The molecule has 2 unspecified atom stereocenters. The van der Waals surface area contributed by atoms with Gasteiger partial charge in [-0.1, -0.05) is 46.4 Å². The molecular weight excluding hydrogens is 326 g/mol. The second kappa shape index (κ2) is 6.27. The first kappa shape index (κ1) is 14.9. The van der Waals surface area contributed by atoms with E-state index in [1.807, 2.05) is 37.1 Å². The molecule has 19 heavy (non-hydrogen) atoms. The van der Waals surface area contributed by atoms with Gasteiger partial charge in [0.15, 0.2) is 0 Å². The molecule has 1 aromatic carbocycles. The first-order valence-corrected chi connectivity index (χ1v) is 7.97. The van der Waals surface area contributed by atoms with E-state index in [0.717, 1.165) is 18.4 Å². The molecule has 1 saturated carbocycles. The van der Waals surface area contributed by atoms with Gasteiger partial charge in [-0.05, 0) is 37.5 Å². The summed E-state index contributed by atoms with van der Waals surface area (Å²) in [6.07, 6.45) is 4.61. The Morgan fingerprint density at radius 2 is 2.05 bits per heavy atom. The minimum Gasteiger partial charge on any atom is -0.338 e. The number of rotatable bonds is 2. The Balaban J connectivity index is 2.18. The van der Waals surface area contributed by atoms with Crippen LogP contribution in [0.2, 0.25) is 5.02 Å². The largest absolute Gasteiger partial charge is 0.338 e. The number of amides is 1. The van der Waals surface area contributed by atoms with Crippen LogP contribution >= 0.6 is 27.5 Å². The summed E-state index contributed by atoms with van der Waals surface area (Å²) in [6, 6.07) is 5.86. The fourth-order valence-electron chi connectivity index (χ4n) is 2.64. The van der Waals surface area contributed by atoms with Crippen LogP contribution in [-0.4, -0.2) is 28.7 Å². The number of alkyl halides is 1. The maximum Gasteiger partial charge on any atom is 0.255 e. The van der Waals surface area contributed by atoms with E-state index >= 15 is 0 Å². The van der Waals surface area contributed by atoms with Gasteiger partial charge in [0.2, 0.25) is 0 Å². The Morgan fingerprint density at radius 1 is 1.37 bits per heavy atom. The topological polar surface area (TPSA) is 20.3 Å². The lowest BCUT2D eigenvalue weighted by atomic mass is 9.94. The molecule has 2 rings (SSSR count). The van der Waals surface area contributed by atoms with Gasteiger partial charge in [0.05, 0.1) is 10.6 Å². The zero-order valence-electron chi connectivity index (χ0n) is 11.3. The summed E-state index contributed by atoms with van der Waals surface area (Å²) in [7, 11) is 1.88. The van der Waals surface area contributed by atoms with Crippen LogP contribution < -0.4 is 0 Å². The predicted molar refractivity (Wildman–Crippen MR) is 83.3 cm³/mol. The van der Waals surface area contributed by atoms with E-state index in [2.05, 4.69) is 15.9 Å². The van der Waals surface area contributed by atoms with Crippen molar-refractivity contribution in [2.24, 2.45) is 0 Å². The van der Waals surface area contributed by atoms with Gasteiger partial charge in [-0.25, -0.2) is 0 Å². The molecule has 0 spiro atoms. The summed E-state index contributed by atoms with van der Waals surface area (Å²) in [5.41, 5.74) is 1.67. The van der Waals surface area contributed by atoms with E-state index in [1.165, 1.54) is 12.8 Å². The highest BCUT2D eigenvalue weighted by Gasteiger charge is 2.30. The van der Waals surface area contributed by atoms with Crippen LogP contribution in [0.1, 0.15) is 41.6 Å². The first-order valence-electron chi connectivity index (χ1n) is 6.68. The number of nitrogens with zero attached hydrogens (tertiary/aromatic N) is 1. The van der Waals surface area contributed by atoms with Gasteiger partial charge >= 0.3 is 0 Å². The minimum absolute atomic E-state index is 0.0151. The molecule has 2 nitrogen and oxygen atoms in total. The van der Waals surface area contributed by atoms with Gasteiger partial charge in [-0.3, -0.25) is 4.79 Å². The summed E-state index contributed by atoms with van der Waals surface area (Å²) in [5.74, 6) is 0.0151. The number of hydrogen-bond acceptors (Lipinski definition) is 1. The molecule has 1 aromatic rings. The normalized spacial score (nSPS) is 23.2. The quantitative estimate of drug-likeness (QED) is 0.727. The van der Waals surface area contributed by atoms with E-state index in [4.69, 9.17) is 11.6 Å². The Hall–Kier alpha value is -0.540. The van der Waals surface area contributed by atoms with Crippen LogP contribution in [0, 0.1) is 6.92 Å². The van der Waals surface area contributed by atoms with Crippen molar-refractivity contribution >= 4 is 33.4 Å². The molecule has 0 N–H and O–H groups in total. The number of benzene rings is 1. The van der Waals surface area contributed by atoms with Gasteiger partial charge < -0.3 is 4.90 Å². The van der Waals surface area contributed by atoms with Crippen LogP contribution in [0.4, 0.5) is 0 Å². The minimum atomic E-state index is 0.0151. The fourth-order valence-corrected chi connectivity index (χ4v) is 3.90. The predicted octanol–water partition coefficient (Wildman–Crippen LogP) is 4.43. The Bertz CT molecular complexity index is 477. The number of carbonyl (C=O) groups excluding carboxylic acids is 1. The van der Waals surface area contributed by atoms with Crippen molar-refractivity contribution in [3.8, 4) is 0 Å². The summed E-state index contributed by atoms with van der Waals surface area (Å²) < 4.78 is 0. The summed E-state index contributed by atoms with van der Waals surface area (Å²) >= 11 is 9.88. The van der Waals surface area contributed by atoms with Crippen molar-refractivity contribution in [1.29, 1.82) is 0 Å². The van der Waals surface area contributed by atoms with Gasteiger partial charge in [0, 0.05) is 17.9 Å². The van der Waals surface area contributed by atoms with E-state index in [-0.39, 0.29) is 11.9 Å². The van der Waals surface area contributed by atoms with Crippen molar-refractivity contribution in [1.82, 2.24) is 4.90 Å². The molecule has 0 heterocycles. The lowest BCUT2D eigenvalue weighted by Crippen LogP contribution is -2.44. The van der Waals surface area contributed by atoms with Crippen LogP contribution in [0.5, 0.6) is 0 Å². The van der Waals surface area contributed by atoms with E-state index in [1.54, 1.807) is 0 Å². The van der Waals surface area contributed by atoms with Crippen molar-refractivity contribution in [2.75, 3.05) is 7.05 Å². The van der Waals surface area contributed by atoms with Crippen LogP contribution in [0.15, 0.2) is 18.2 Å². The van der Waals surface area contributed by atoms with Gasteiger partial charge in [0.1, 0.15) is 0 Å². The standard InChI is InChI=1S/C15H19BrClNO/c1-10-7-8-11(13(17)9-10)15(19)18(2)14-6-4-3-5-12(14)16/h7-9,12,14H,3-6H2,1-2H3. The maximum atomic E-state index is 12.5. The second-order valence-corrected chi connectivity index (χ2v) is 6.85. The van der Waals surface area contributed by atoms with Crippen LogP contribution in [0.25, 0.3) is 0 Å². The third-order valence-electron chi connectivity index (χ3n) is 3.82. The van der Waals surface area contributed by atoms with Gasteiger partial charge in [0.25, 0.3) is 5.91 Å². The lowest BCUT2D eigenvalue weighted by molar-refractivity contribution is 0.0705. The number of halogens is 2. The Labute approximate surface area is 128 Å². The fraction of sp³-hybridized carbons (Fsp3) is 0.533. The van der Waals surface area contributed by atoms with Gasteiger partial charge in [-0.2, -0.15) is 0 Å². The first-order chi connectivity index (χ1) is 9.00. The Kier molecular flexibility index (Phi) is 4.91. The van der Waals surface area contributed by atoms with E-state index in [9.17, 15) is 4.79 Å². The molecule has 1 aliphatic rings. The molecule has 0 aromatic heterocycles. The molecule has 4 heteroatoms. The van der Waals surface area contributed by atoms with E-state index < -0.39 is 0 Å². The van der Waals surface area contributed by atoms with Crippen molar-refractivity contribution in [2.45, 2.75) is 43.5 Å². The molecule has 0 bridgehead atoms. The average molecular weight is 345 g/mol. The van der Waals surface area contributed by atoms with Gasteiger partial charge in [-0.15, -0.1) is 0 Å². The SMILES string of the molecule is Cc1ccc(C(=O)N(C)C2CCCCC2Br)c(Cl)c1. The number of carbonyl (C=O) groups is 1. The van der Waals surface area contributed by atoms with Crippen molar-refractivity contribution < 1.29 is 4.79 Å². The zero-order chi connectivity index (χ0) is 14.0. The molecule has 1 amide bonds. The van der Waals surface area contributed by atoms with Crippen molar-refractivity contribution in [3.05, 3.63) is 34.3 Å². The molecular formula is C15H19BrClNO. The Morgan fingerprint density at radius 3 is 2.68 bits per heavy atom. The average Bonchev–Trinajstić information content (AvgIpc) is 2.38. The highest BCUT2D eigenvalue weighted by atomic mass is 79.9. The highest BCUT2D eigenvalue weighted by Crippen LogP contribution is 2.29. The number of aryl methyl sites for hydroxylation is 1. The summed E-state index contributed by atoms with van der Waals surface area (Å²) in [6.45, 7) is 1.97. The summed E-state index contributed by atoms with van der Waals surface area (Å²) in [5, 5.41) is 0.541. The van der Waals surface area contributed by atoms with Crippen LogP contribution in [0.3, 0.4) is 0 Å². The van der Waals surface area contributed by atoms with Crippen LogP contribution in [-0.2, 0) is 0 Å². The molecule has 0 aliphatic heterocycles. The molecule has 104 valence electrons. The number of hydrogen-bond donors (Lipinski definition) is 0. The third-order valence-corrected chi connectivity index (χ3v) is 5.20. The third kappa shape index (κ3) is 3.32. The zero-order valence-corrected chi connectivity index (χ0v) is 13.7. The summed E-state index contributed by atoms with van der Waals surface area (Å²) in [4.78, 5) is 14.8. The maximum absolute atomic E-state index is 12.5. The molecule has 1 aliphatic carbocycles. The molecule has 1 fully saturated rings. The smallest absolute Gasteiger partial charge is 0.255 e. The monoisotopic (exact) mass is 343 g/mol. The lowest BCUT2D eigenvalue weighted by Gasteiger charge is -2.35. The molecule has 0 saturated heterocycles. The molecule has 2 atom stereocenters. The van der Waals surface area contributed by atoms with Crippen molar-refractivity contribution in [3.63, 3.8) is 0 Å². The second-order valence-electron chi connectivity index (χ2n) is 5.27.